The highest BCUT2D eigenvalue weighted by molar-refractivity contribution is 6.32. The second-order valence-electron chi connectivity index (χ2n) is 13.5. The van der Waals surface area contributed by atoms with E-state index in [1.165, 1.54) is 0 Å². The third-order valence-corrected chi connectivity index (χ3v) is 10.2. The monoisotopic (exact) mass is 786 g/mol. The van der Waals surface area contributed by atoms with E-state index in [-0.39, 0.29) is 19.0 Å². The summed E-state index contributed by atoms with van der Waals surface area (Å²) in [4.78, 5) is 12.9. The van der Waals surface area contributed by atoms with E-state index in [0.29, 0.717) is 45.8 Å². The molecule has 1 aliphatic carbocycles. The summed E-state index contributed by atoms with van der Waals surface area (Å²) in [7, 11) is 0. The zero-order valence-corrected chi connectivity index (χ0v) is 31.1. The molecular formula is C39H44Cl2N2O11. The molecule has 0 bridgehead atoms. The van der Waals surface area contributed by atoms with Gasteiger partial charge in [0.05, 0.1) is 11.1 Å². The molecule has 2 heterocycles. The number of halogens is 2. The van der Waals surface area contributed by atoms with Crippen LogP contribution in [-0.2, 0) is 32.1 Å². The van der Waals surface area contributed by atoms with Crippen LogP contribution in [0.4, 0.5) is 0 Å². The summed E-state index contributed by atoms with van der Waals surface area (Å²) >= 11 is 12.5. The van der Waals surface area contributed by atoms with Crippen molar-refractivity contribution in [1.29, 1.82) is 0 Å². The summed E-state index contributed by atoms with van der Waals surface area (Å²) < 4.78 is 28.2. The second-order valence-corrected chi connectivity index (χ2v) is 14.4. The smallest absolute Gasteiger partial charge is 0.247 e. The van der Waals surface area contributed by atoms with Crippen LogP contribution in [0.25, 0.3) is 6.08 Å². The quantitative estimate of drug-likeness (QED) is 0.0994. The average molecular weight is 788 g/mol. The van der Waals surface area contributed by atoms with Gasteiger partial charge in [0.25, 0.3) is 0 Å². The maximum absolute atomic E-state index is 12.9. The maximum Gasteiger partial charge on any atom is 0.247 e. The van der Waals surface area contributed by atoms with Crippen molar-refractivity contribution >= 4 is 35.2 Å². The van der Waals surface area contributed by atoms with Crippen molar-refractivity contribution in [3.8, 4) is 11.5 Å². The zero-order chi connectivity index (χ0) is 38.5. The molecule has 0 aromatic heterocycles. The predicted molar refractivity (Wildman–Crippen MR) is 199 cm³/mol. The Hall–Kier alpha value is -3.57. The van der Waals surface area contributed by atoms with Crippen molar-refractivity contribution in [3.05, 3.63) is 111 Å². The number of hydrogen-bond acceptors (Lipinski definition) is 12. The third kappa shape index (κ3) is 9.44. The number of aliphatic hydroxyl groups excluding tert-OH is 5. The molecule has 6 rings (SSSR count). The van der Waals surface area contributed by atoms with Gasteiger partial charge in [-0.15, -0.1) is 0 Å². The van der Waals surface area contributed by atoms with Gasteiger partial charge in [-0.2, -0.15) is 0 Å². The maximum atomic E-state index is 12.9. The van der Waals surface area contributed by atoms with Gasteiger partial charge in [0, 0.05) is 23.7 Å². The Balaban J connectivity index is 0.971. The van der Waals surface area contributed by atoms with Gasteiger partial charge in [-0.25, -0.2) is 0 Å². The number of benzene rings is 3. The molecule has 13 nitrogen and oxygen atoms in total. The van der Waals surface area contributed by atoms with Gasteiger partial charge in [0.15, 0.2) is 0 Å². The van der Waals surface area contributed by atoms with Gasteiger partial charge >= 0.3 is 0 Å². The zero-order valence-electron chi connectivity index (χ0n) is 29.5. The summed E-state index contributed by atoms with van der Waals surface area (Å²) in [5.74, 6) is 0.288. The Morgan fingerprint density at radius 3 is 2.26 bits per heavy atom. The summed E-state index contributed by atoms with van der Waals surface area (Å²) in [6.45, 7) is 4.60. The van der Waals surface area contributed by atoms with Gasteiger partial charge in [-0.05, 0) is 84.7 Å². The molecule has 2 saturated heterocycles. The second kappa shape index (κ2) is 17.9. The molecule has 3 fully saturated rings. The molecule has 2 aliphatic heterocycles. The van der Waals surface area contributed by atoms with Crippen molar-refractivity contribution in [1.82, 2.24) is 10.6 Å². The molecule has 0 radical (unpaired) electrons. The first kappa shape index (κ1) is 40.1. The Bertz CT molecular complexity index is 1830. The van der Waals surface area contributed by atoms with Gasteiger partial charge < -0.3 is 59.9 Å². The third-order valence-electron chi connectivity index (χ3n) is 9.63. The number of ether oxygens (including phenoxy) is 5. The molecular weight excluding hydrogens is 743 g/mol. The van der Waals surface area contributed by atoms with Crippen LogP contribution in [0.3, 0.4) is 0 Å². The Morgan fingerprint density at radius 2 is 1.56 bits per heavy atom. The van der Waals surface area contributed by atoms with Crippen LogP contribution in [0, 0.1) is 0 Å². The number of carbonyl (C=O) groups is 1. The number of fused-ring (bicyclic) bond motifs is 1. The molecule has 15 heteroatoms. The summed E-state index contributed by atoms with van der Waals surface area (Å²) in [6, 6.07) is 18.6. The molecule has 290 valence electrons. The van der Waals surface area contributed by atoms with Crippen LogP contribution in [0.1, 0.15) is 30.5 Å². The van der Waals surface area contributed by atoms with Crippen molar-refractivity contribution in [2.75, 3.05) is 13.4 Å². The standard InChI is InChI=1S/C39H44Cl2N2O11/c1-20(12-13-50-28-11-8-24(16-27(28)41)18-42-17-23-4-3-5-25(40)15-23)35-33(47)34(48)39(54-35)53-26-9-6-22(7-10-26)14-21(2)38(49)43-29-30(44)32(46)37-36(31(29)45)51-19-52-37/h3-12,14-16,29-37,39,42,44-48H,13,17-19H2,1-2H3,(H,43,49)/b20-12+,21-14+/t29-,30+,31-,32-,33+,34+,35-,36+,37-,39-/m1/s1. The molecule has 10 atom stereocenters. The largest absolute Gasteiger partial charge is 0.488 e. The van der Waals surface area contributed by atoms with Gasteiger partial charge in [-0.3, -0.25) is 4.79 Å². The summed E-state index contributed by atoms with van der Waals surface area (Å²) in [5.41, 5.74) is 3.60. The number of carbonyl (C=O) groups excluding carboxylic acids is 1. The molecule has 1 saturated carbocycles. The summed E-state index contributed by atoms with van der Waals surface area (Å²) in [5, 5.41) is 60.1. The first-order valence-electron chi connectivity index (χ1n) is 17.5. The minimum Gasteiger partial charge on any atom is -0.488 e. The normalized spacial score (nSPS) is 29.9. The van der Waals surface area contributed by atoms with E-state index < -0.39 is 67.1 Å². The number of nitrogens with one attached hydrogen (secondary N) is 2. The lowest BCUT2D eigenvalue weighted by Gasteiger charge is -2.41. The fourth-order valence-electron chi connectivity index (χ4n) is 6.58. The highest BCUT2D eigenvalue weighted by Crippen LogP contribution is 2.32. The van der Waals surface area contributed by atoms with Crippen LogP contribution in [0.2, 0.25) is 10.0 Å². The minimum atomic E-state index is -1.46. The van der Waals surface area contributed by atoms with Crippen LogP contribution in [0.15, 0.2) is 84.0 Å². The highest BCUT2D eigenvalue weighted by atomic mass is 35.5. The van der Waals surface area contributed by atoms with E-state index in [9.17, 15) is 30.3 Å². The predicted octanol–water partition coefficient (Wildman–Crippen LogP) is 2.86. The molecule has 0 spiro atoms. The lowest BCUT2D eigenvalue weighted by atomic mass is 9.83. The van der Waals surface area contributed by atoms with Crippen LogP contribution >= 0.6 is 23.2 Å². The van der Waals surface area contributed by atoms with Crippen LogP contribution in [0.5, 0.6) is 11.5 Å². The Kier molecular flexibility index (Phi) is 13.3. The van der Waals surface area contributed by atoms with Crippen molar-refractivity contribution in [3.63, 3.8) is 0 Å². The van der Waals surface area contributed by atoms with Crippen molar-refractivity contribution in [2.24, 2.45) is 0 Å². The Labute approximate surface area is 322 Å². The Morgan fingerprint density at radius 1 is 0.852 bits per heavy atom. The van der Waals surface area contributed by atoms with E-state index in [2.05, 4.69) is 10.6 Å². The lowest BCUT2D eigenvalue weighted by Crippen LogP contribution is -2.67. The molecule has 0 unspecified atom stereocenters. The number of amides is 1. The molecule has 1 amide bonds. The summed E-state index contributed by atoms with van der Waals surface area (Å²) in [6.07, 6.45) is -7.11. The van der Waals surface area contributed by atoms with E-state index in [0.717, 1.165) is 11.1 Å². The molecule has 3 aromatic carbocycles. The van der Waals surface area contributed by atoms with E-state index in [4.69, 9.17) is 46.9 Å². The van der Waals surface area contributed by atoms with E-state index in [1.807, 2.05) is 36.4 Å². The first-order chi connectivity index (χ1) is 25.9. The molecule has 7 N–H and O–H groups in total. The first-order valence-corrected chi connectivity index (χ1v) is 18.2. The van der Waals surface area contributed by atoms with Crippen molar-refractivity contribution in [2.45, 2.75) is 88.1 Å². The lowest BCUT2D eigenvalue weighted by molar-refractivity contribution is -0.155. The van der Waals surface area contributed by atoms with Gasteiger partial charge in [0.2, 0.25) is 12.2 Å². The highest BCUT2D eigenvalue weighted by Gasteiger charge is 2.53. The number of rotatable bonds is 13. The van der Waals surface area contributed by atoms with Gasteiger partial charge in [0.1, 0.15) is 73.7 Å². The SMILES string of the molecule is C/C(=C\c1ccc(O[C@@H]2O[C@H](/C(C)=C/COc3ccc(CNCc4cccc(Cl)c4)cc3Cl)[C@@H](O)[C@@H]2O)cc1)C(=O)N[C@@H]1[C@H](O)[C@@H](O)[C@H]2OCO[C@H]2[C@@H]1O. The topological polar surface area (TPSA) is 188 Å². The van der Waals surface area contributed by atoms with Crippen molar-refractivity contribution < 1.29 is 54.0 Å². The minimum absolute atomic E-state index is 0.131. The van der Waals surface area contributed by atoms with E-state index >= 15 is 0 Å². The molecule has 3 aliphatic rings. The molecule has 3 aromatic rings. The average Bonchev–Trinajstić information content (AvgIpc) is 3.76. The van der Waals surface area contributed by atoms with Crippen LogP contribution in [-0.4, -0.2) is 106 Å². The number of aliphatic hydroxyl groups is 5. The van der Waals surface area contributed by atoms with E-state index in [1.54, 1.807) is 56.3 Å². The molecule has 54 heavy (non-hydrogen) atoms. The fraction of sp³-hybridized carbons (Fsp3) is 0.410. The van der Waals surface area contributed by atoms with Crippen LogP contribution < -0.4 is 20.1 Å². The van der Waals surface area contributed by atoms with Gasteiger partial charge in [-0.1, -0.05) is 53.5 Å². The number of hydrogen-bond donors (Lipinski definition) is 7. The fourth-order valence-corrected chi connectivity index (χ4v) is 7.05.